The highest BCUT2D eigenvalue weighted by molar-refractivity contribution is 7.28. The van der Waals surface area contributed by atoms with Crippen LogP contribution in [-0.2, 0) is 11.3 Å². The lowest BCUT2D eigenvalue weighted by atomic mass is 10.0. The minimum absolute atomic E-state index is 0.0361. The van der Waals surface area contributed by atoms with Crippen LogP contribution in [0.5, 0.6) is 5.75 Å². The Kier molecular flexibility index (Phi) is 6.17. The molecule has 3 rings (SSSR count). The van der Waals surface area contributed by atoms with Crippen molar-refractivity contribution in [3.05, 3.63) is 46.8 Å². The van der Waals surface area contributed by atoms with Crippen molar-refractivity contribution >= 4 is 37.0 Å². The summed E-state index contributed by atoms with van der Waals surface area (Å²) in [5.74, 6) is 0.172. The van der Waals surface area contributed by atoms with Crippen molar-refractivity contribution in [2.24, 2.45) is 0 Å². The molecule has 29 heavy (non-hydrogen) atoms. The van der Waals surface area contributed by atoms with E-state index in [1.165, 1.54) is 19.3 Å². The molecule has 0 saturated heterocycles. The van der Waals surface area contributed by atoms with Gasteiger partial charge in [0.2, 0.25) is 12.3 Å². The third kappa shape index (κ3) is 4.74. The van der Waals surface area contributed by atoms with Crippen molar-refractivity contribution in [3.63, 3.8) is 0 Å². The molecule has 3 aromatic rings. The van der Waals surface area contributed by atoms with E-state index in [2.05, 4.69) is 29.6 Å². The van der Waals surface area contributed by atoms with E-state index in [-0.39, 0.29) is 12.5 Å². The molecule has 0 aliphatic carbocycles. The van der Waals surface area contributed by atoms with Crippen LogP contribution < -0.4 is 20.9 Å². The van der Waals surface area contributed by atoms with Gasteiger partial charge in [-0.05, 0) is 24.1 Å². The molecular formula is C19H21FN5O3P. The average molecular weight is 417 g/mol. The van der Waals surface area contributed by atoms with E-state index in [1.54, 1.807) is 18.3 Å². The quantitative estimate of drug-likeness (QED) is 0.617. The van der Waals surface area contributed by atoms with Crippen LogP contribution in [0, 0.1) is 0 Å². The molecule has 0 fully saturated rings. The normalized spacial score (nSPS) is 12.2. The van der Waals surface area contributed by atoms with E-state index in [0.717, 1.165) is 4.68 Å². The maximum atomic E-state index is 13.2. The Bertz CT molecular complexity index is 1120. The minimum atomic E-state index is -1.48. The van der Waals surface area contributed by atoms with Crippen LogP contribution in [0.2, 0.25) is 0 Å². The fraction of sp³-hybridized carbons (Fsp3) is 0.316. The fourth-order valence-electron chi connectivity index (χ4n) is 2.84. The Hall–Kier alpha value is -2.93. The Morgan fingerprint density at radius 3 is 2.72 bits per heavy atom. The lowest BCUT2D eigenvalue weighted by Gasteiger charge is -2.15. The highest BCUT2D eigenvalue weighted by Crippen LogP contribution is 2.26. The van der Waals surface area contributed by atoms with Crippen LogP contribution in [0.1, 0.15) is 32.4 Å². The number of alkyl halides is 1. The van der Waals surface area contributed by atoms with Gasteiger partial charge in [0.05, 0.1) is 11.1 Å². The number of amides is 1. The zero-order valence-corrected chi connectivity index (χ0v) is 17.4. The molecule has 1 aromatic carbocycles. The predicted octanol–water partition coefficient (Wildman–Crippen LogP) is 2.14. The van der Waals surface area contributed by atoms with E-state index in [1.807, 2.05) is 13.8 Å². The van der Waals surface area contributed by atoms with Crippen molar-refractivity contribution in [2.75, 3.05) is 5.32 Å². The molecular weight excluding hydrogens is 396 g/mol. The van der Waals surface area contributed by atoms with E-state index < -0.39 is 17.8 Å². The Morgan fingerprint density at radius 2 is 2.07 bits per heavy atom. The number of hydrogen-bond acceptors (Lipinski definition) is 6. The highest BCUT2D eigenvalue weighted by Gasteiger charge is 2.17. The van der Waals surface area contributed by atoms with Crippen molar-refractivity contribution in [1.29, 1.82) is 0 Å². The molecule has 2 unspecified atom stereocenters. The van der Waals surface area contributed by atoms with Crippen LogP contribution in [-0.4, -0.2) is 32.0 Å². The Balaban J connectivity index is 1.98. The Morgan fingerprint density at radius 1 is 1.31 bits per heavy atom. The summed E-state index contributed by atoms with van der Waals surface area (Å²) in [4.78, 5) is 33.2. The molecule has 2 heterocycles. The molecule has 0 radical (unpaired) electrons. The smallest absolute Gasteiger partial charge is 0.275 e. The number of hydrogen-bond donors (Lipinski definition) is 1. The average Bonchev–Trinajstić information content (AvgIpc) is 2.65. The van der Waals surface area contributed by atoms with E-state index >= 15 is 0 Å². The van der Waals surface area contributed by atoms with Gasteiger partial charge in [0.1, 0.15) is 24.4 Å². The third-order valence-corrected chi connectivity index (χ3v) is 4.52. The number of rotatable bonds is 6. The SMILES string of the molecule is CC(F)Oc1ccc2c(=O)n(CC(=O)Nc3ncncc3P)nc(C(C)C)c2c1. The van der Waals surface area contributed by atoms with Crippen LogP contribution in [0.25, 0.3) is 10.8 Å². The summed E-state index contributed by atoms with van der Waals surface area (Å²) in [5.41, 5.74) is 0.186. The molecule has 2 atom stereocenters. The van der Waals surface area contributed by atoms with Gasteiger partial charge in [0.15, 0.2) is 0 Å². The first kappa shape index (κ1) is 20.8. The standard InChI is InChI=1S/C19H21FN5O3P/c1-10(2)17-14-6-12(28-11(3)20)4-5-13(14)19(27)25(24-17)8-16(26)23-18-15(29)7-21-9-22-18/h4-7,9-11H,8,29H2,1-3H3,(H,21,22,23,26). The fourth-order valence-corrected chi connectivity index (χ4v) is 3.07. The topological polar surface area (TPSA) is 99.0 Å². The zero-order chi connectivity index (χ0) is 21.1. The summed E-state index contributed by atoms with van der Waals surface area (Å²) in [6, 6.07) is 4.68. The van der Waals surface area contributed by atoms with Gasteiger partial charge in [-0.15, -0.1) is 0 Å². The number of nitrogens with zero attached hydrogens (tertiary/aromatic N) is 4. The van der Waals surface area contributed by atoms with Crippen molar-refractivity contribution in [3.8, 4) is 5.75 Å². The molecule has 0 saturated carbocycles. The van der Waals surface area contributed by atoms with E-state index in [4.69, 9.17) is 4.74 Å². The summed E-state index contributed by atoms with van der Waals surface area (Å²) < 4.78 is 19.4. The zero-order valence-electron chi connectivity index (χ0n) is 16.2. The lowest BCUT2D eigenvalue weighted by Crippen LogP contribution is -2.31. The van der Waals surface area contributed by atoms with Gasteiger partial charge < -0.3 is 10.1 Å². The predicted molar refractivity (Wildman–Crippen MR) is 111 cm³/mol. The summed E-state index contributed by atoms with van der Waals surface area (Å²) in [5, 5.41) is 8.59. The van der Waals surface area contributed by atoms with Gasteiger partial charge in [-0.1, -0.05) is 23.1 Å². The van der Waals surface area contributed by atoms with Gasteiger partial charge in [0.25, 0.3) is 5.56 Å². The number of aromatic nitrogens is 4. The highest BCUT2D eigenvalue weighted by atomic mass is 31.0. The summed E-state index contributed by atoms with van der Waals surface area (Å²) >= 11 is 0. The molecule has 0 aliphatic heterocycles. The largest absolute Gasteiger partial charge is 0.461 e. The maximum Gasteiger partial charge on any atom is 0.275 e. The molecule has 0 aliphatic rings. The number of halogens is 1. The molecule has 152 valence electrons. The van der Waals surface area contributed by atoms with Crippen molar-refractivity contribution in [2.45, 2.75) is 39.6 Å². The molecule has 8 nitrogen and oxygen atoms in total. The van der Waals surface area contributed by atoms with Crippen LogP contribution >= 0.6 is 9.24 Å². The molecule has 1 amide bonds. The number of anilines is 1. The number of ether oxygens (including phenoxy) is 1. The molecule has 10 heteroatoms. The van der Waals surface area contributed by atoms with E-state index in [0.29, 0.717) is 33.3 Å². The summed E-state index contributed by atoms with van der Waals surface area (Å²) in [7, 11) is 2.43. The number of nitrogens with one attached hydrogen (secondary N) is 1. The van der Waals surface area contributed by atoms with E-state index in [9.17, 15) is 14.0 Å². The summed E-state index contributed by atoms with van der Waals surface area (Å²) in [6.45, 7) is 4.84. The van der Waals surface area contributed by atoms with Gasteiger partial charge in [-0.25, -0.2) is 19.0 Å². The second kappa shape index (κ2) is 8.61. The first-order valence-corrected chi connectivity index (χ1v) is 9.54. The summed E-state index contributed by atoms with van der Waals surface area (Å²) in [6.07, 6.45) is 1.39. The van der Waals surface area contributed by atoms with Gasteiger partial charge in [-0.2, -0.15) is 5.10 Å². The van der Waals surface area contributed by atoms with Crippen molar-refractivity contribution in [1.82, 2.24) is 19.7 Å². The third-order valence-electron chi connectivity index (χ3n) is 4.10. The number of carbonyl (C=O) groups is 1. The molecule has 0 bridgehead atoms. The number of carbonyl (C=O) groups excluding carboxylic acids is 1. The van der Waals surface area contributed by atoms with Crippen molar-refractivity contribution < 1.29 is 13.9 Å². The maximum absolute atomic E-state index is 13.2. The second-order valence-corrected chi connectivity index (χ2v) is 7.37. The lowest BCUT2D eigenvalue weighted by molar-refractivity contribution is -0.117. The van der Waals surface area contributed by atoms with Crippen LogP contribution in [0.4, 0.5) is 10.2 Å². The monoisotopic (exact) mass is 417 g/mol. The first-order chi connectivity index (χ1) is 13.8. The molecule has 1 N–H and O–H groups in total. The van der Waals surface area contributed by atoms with Gasteiger partial charge in [-0.3, -0.25) is 9.59 Å². The minimum Gasteiger partial charge on any atom is -0.461 e. The second-order valence-electron chi connectivity index (χ2n) is 6.75. The van der Waals surface area contributed by atoms with Gasteiger partial charge in [0, 0.05) is 23.8 Å². The number of fused-ring (bicyclic) bond motifs is 1. The molecule has 0 spiro atoms. The Labute approximate surface area is 168 Å². The van der Waals surface area contributed by atoms with Gasteiger partial charge >= 0.3 is 0 Å². The van der Waals surface area contributed by atoms with Crippen LogP contribution in [0.3, 0.4) is 0 Å². The number of benzene rings is 1. The molecule has 2 aromatic heterocycles. The first-order valence-electron chi connectivity index (χ1n) is 8.97. The van der Waals surface area contributed by atoms with Crippen LogP contribution in [0.15, 0.2) is 35.5 Å².